The number of ether oxygens (including phenoxy) is 2. The molecule has 0 amide bonds. The normalized spacial score (nSPS) is 21.5. The van der Waals surface area contributed by atoms with Crippen molar-refractivity contribution < 1.29 is 36.9 Å². The molecule has 244 valence electrons. The van der Waals surface area contributed by atoms with E-state index in [1.54, 1.807) is 33.8 Å². The van der Waals surface area contributed by atoms with Crippen LogP contribution in [0.2, 0.25) is 0 Å². The Morgan fingerprint density at radius 2 is 2.00 bits per heavy atom. The molecule has 5 rings (SSSR count). The van der Waals surface area contributed by atoms with E-state index in [-0.39, 0.29) is 11.8 Å². The molecule has 0 spiro atoms. The van der Waals surface area contributed by atoms with Crippen LogP contribution < -0.4 is 0 Å². The Hall–Kier alpha value is -3.24. The molecule has 3 atom stereocenters. The average molecular weight is 631 g/mol. The minimum absolute atomic E-state index is 0.134. The number of benzene rings is 1. The van der Waals surface area contributed by atoms with Crippen LogP contribution in [-0.4, -0.2) is 46.3 Å². The Balaban J connectivity index is 1.52. The first kappa shape index (κ1) is 33.1. The smallest absolute Gasteiger partial charge is 0.416 e. The summed E-state index contributed by atoms with van der Waals surface area (Å²) in [6, 6.07) is 5.42. The Morgan fingerprint density at radius 3 is 2.69 bits per heavy atom. The van der Waals surface area contributed by atoms with Crippen molar-refractivity contribution in [3.05, 3.63) is 81.1 Å². The molecule has 6 nitrogen and oxygen atoms in total. The number of alkyl halides is 3. The summed E-state index contributed by atoms with van der Waals surface area (Å²) in [5.74, 6) is -1.50. The zero-order valence-corrected chi connectivity index (χ0v) is 26.6. The molecule has 2 aromatic rings. The van der Waals surface area contributed by atoms with Crippen molar-refractivity contribution in [1.82, 2.24) is 9.88 Å². The molecule has 2 aliphatic heterocycles. The van der Waals surface area contributed by atoms with Gasteiger partial charge in [-0.05, 0) is 100 Å². The largest absolute Gasteiger partial charge is 0.495 e. The monoisotopic (exact) mass is 630 g/mol. The highest BCUT2D eigenvalue weighted by atomic mass is 19.4. The number of fused-ring (bicyclic) bond motifs is 2. The number of pyridine rings is 1. The molecule has 45 heavy (non-hydrogen) atoms. The number of hydrogen-bond acceptors (Lipinski definition) is 5. The number of rotatable bonds is 8. The number of carboxylic acid groups (broad SMARTS) is 1. The summed E-state index contributed by atoms with van der Waals surface area (Å²) < 4.78 is 67.2. The number of hydrogen-bond donors (Lipinski definition) is 1. The molecule has 3 heterocycles. The minimum Gasteiger partial charge on any atom is -0.495 e. The fourth-order valence-electron chi connectivity index (χ4n) is 6.90. The van der Waals surface area contributed by atoms with E-state index < -0.39 is 35.2 Å². The minimum atomic E-state index is -4.39. The van der Waals surface area contributed by atoms with Crippen molar-refractivity contribution in [2.75, 3.05) is 19.7 Å². The first-order valence-corrected chi connectivity index (χ1v) is 15.7. The molecule has 3 aliphatic rings. The molecule has 0 radical (unpaired) electrons. The average Bonchev–Trinajstić information content (AvgIpc) is 2.97. The van der Waals surface area contributed by atoms with Crippen molar-refractivity contribution in [3.63, 3.8) is 0 Å². The summed E-state index contributed by atoms with van der Waals surface area (Å²) in [7, 11) is 0. The summed E-state index contributed by atoms with van der Waals surface area (Å²) in [6.45, 7) is 11.5. The lowest BCUT2D eigenvalue weighted by Gasteiger charge is -2.39. The van der Waals surface area contributed by atoms with E-state index in [9.17, 15) is 23.1 Å². The molecular formula is C35H42F4N2O4. The Kier molecular flexibility index (Phi) is 9.48. The Bertz CT molecular complexity index is 1510. The molecule has 1 fully saturated rings. The third-order valence-corrected chi connectivity index (χ3v) is 8.96. The van der Waals surface area contributed by atoms with Crippen LogP contribution in [0.25, 0.3) is 5.57 Å². The van der Waals surface area contributed by atoms with Crippen LogP contribution in [0, 0.1) is 18.8 Å². The van der Waals surface area contributed by atoms with Crippen LogP contribution in [0.4, 0.5) is 17.6 Å². The lowest BCUT2D eigenvalue weighted by Crippen LogP contribution is -2.36. The topological polar surface area (TPSA) is 71.9 Å². The van der Waals surface area contributed by atoms with E-state index in [1.807, 2.05) is 6.92 Å². The Labute approximate surface area is 262 Å². The zero-order chi connectivity index (χ0) is 32.7. The number of aryl methyl sites for hydroxylation is 2. The van der Waals surface area contributed by atoms with E-state index in [1.165, 1.54) is 18.2 Å². The van der Waals surface area contributed by atoms with Crippen LogP contribution in [0.5, 0.6) is 0 Å². The summed E-state index contributed by atoms with van der Waals surface area (Å²) >= 11 is 0. The van der Waals surface area contributed by atoms with Gasteiger partial charge in [0.25, 0.3) is 0 Å². The molecule has 1 N–H and O–H groups in total. The summed E-state index contributed by atoms with van der Waals surface area (Å²) in [4.78, 5) is 19.9. The van der Waals surface area contributed by atoms with Gasteiger partial charge in [-0.3, -0.25) is 9.88 Å². The van der Waals surface area contributed by atoms with Gasteiger partial charge in [0, 0.05) is 42.4 Å². The highest BCUT2D eigenvalue weighted by molar-refractivity contribution is 5.83. The van der Waals surface area contributed by atoms with Crippen LogP contribution in [0.1, 0.15) is 92.3 Å². The maximum absolute atomic E-state index is 15.7. The fraction of sp³-hybridized carbons (Fsp3) is 0.543. The SMILES string of the molecule is Cc1nc2c(c(C3=CC(F)=C4OCCC[C@@H]4C3C)c1[C@H](OC(C)(C)C)C(=O)O)CN(CCCc1cccc(C(F)(F)F)c1)CC2. The van der Waals surface area contributed by atoms with Gasteiger partial charge in [0.15, 0.2) is 11.9 Å². The Morgan fingerprint density at radius 1 is 1.24 bits per heavy atom. The predicted molar refractivity (Wildman–Crippen MR) is 163 cm³/mol. The van der Waals surface area contributed by atoms with Crippen molar-refractivity contribution in [2.24, 2.45) is 11.8 Å². The maximum Gasteiger partial charge on any atom is 0.416 e. The predicted octanol–water partition coefficient (Wildman–Crippen LogP) is 7.98. The summed E-state index contributed by atoms with van der Waals surface area (Å²) in [5.41, 5.74) is 3.29. The van der Waals surface area contributed by atoms with Crippen molar-refractivity contribution >= 4 is 11.5 Å². The van der Waals surface area contributed by atoms with Crippen molar-refractivity contribution in [3.8, 4) is 0 Å². The number of aromatic nitrogens is 1. The molecular weight excluding hydrogens is 588 g/mol. The molecule has 0 saturated carbocycles. The highest BCUT2D eigenvalue weighted by Crippen LogP contribution is 2.48. The molecule has 1 aliphatic carbocycles. The third-order valence-electron chi connectivity index (χ3n) is 8.96. The second-order valence-electron chi connectivity index (χ2n) is 13.4. The van der Waals surface area contributed by atoms with Crippen LogP contribution in [-0.2, 0) is 39.8 Å². The second-order valence-corrected chi connectivity index (χ2v) is 13.4. The van der Waals surface area contributed by atoms with E-state index in [0.29, 0.717) is 73.6 Å². The quantitative estimate of drug-likeness (QED) is 0.298. The van der Waals surface area contributed by atoms with Gasteiger partial charge in [-0.25, -0.2) is 9.18 Å². The third kappa shape index (κ3) is 7.27. The molecule has 10 heteroatoms. The van der Waals surface area contributed by atoms with Gasteiger partial charge in [-0.15, -0.1) is 0 Å². The summed E-state index contributed by atoms with van der Waals surface area (Å²) in [6.07, 6.45) is -0.886. The standard InChI is InChI=1S/C35H42F4N2O4/c1-20-24-12-8-16-44-31(24)27(36)18-25(20)30-26-19-41(14-7-10-22-9-6-11-23(17-22)35(37,38)39)15-13-28(26)40-21(2)29(30)32(33(42)43)45-34(3,4)5/h6,9,11,17-18,20,24,32H,7-8,10,12-16,19H2,1-5H3,(H,42,43)/t20?,24-,32+/m1/s1. The van der Waals surface area contributed by atoms with Crippen molar-refractivity contribution in [2.45, 2.75) is 91.1 Å². The van der Waals surface area contributed by atoms with E-state index in [4.69, 9.17) is 14.5 Å². The number of halogens is 4. The van der Waals surface area contributed by atoms with Gasteiger partial charge in [0.1, 0.15) is 5.76 Å². The van der Waals surface area contributed by atoms with Gasteiger partial charge in [-0.1, -0.05) is 25.1 Å². The zero-order valence-electron chi connectivity index (χ0n) is 26.6. The number of carbonyl (C=O) groups is 1. The van der Waals surface area contributed by atoms with Crippen LogP contribution >= 0.6 is 0 Å². The first-order valence-electron chi connectivity index (χ1n) is 15.7. The lowest BCUT2D eigenvalue weighted by atomic mass is 9.73. The van der Waals surface area contributed by atoms with Crippen molar-refractivity contribution in [1.29, 1.82) is 0 Å². The van der Waals surface area contributed by atoms with E-state index in [0.717, 1.165) is 35.7 Å². The van der Waals surface area contributed by atoms with Gasteiger partial charge in [0.2, 0.25) is 0 Å². The molecule has 1 unspecified atom stereocenters. The lowest BCUT2D eigenvalue weighted by molar-refractivity contribution is -0.160. The first-order chi connectivity index (χ1) is 21.1. The number of allylic oxidation sites excluding steroid dienone is 4. The number of nitrogens with zero attached hydrogens (tertiary/aromatic N) is 2. The van der Waals surface area contributed by atoms with E-state index in [2.05, 4.69) is 4.90 Å². The van der Waals surface area contributed by atoms with Crippen LogP contribution in [0.3, 0.4) is 0 Å². The fourth-order valence-corrected chi connectivity index (χ4v) is 6.90. The van der Waals surface area contributed by atoms with Gasteiger partial charge < -0.3 is 14.6 Å². The molecule has 0 bridgehead atoms. The van der Waals surface area contributed by atoms with E-state index >= 15 is 4.39 Å². The van der Waals surface area contributed by atoms with Crippen LogP contribution in [0.15, 0.2) is 41.9 Å². The highest BCUT2D eigenvalue weighted by Gasteiger charge is 2.40. The molecule has 1 aromatic heterocycles. The second kappa shape index (κ2) is 12.9. The summed E-state index contributed by atoms with van der Waals surface area (Å²) in [5, 5.41) is 10.4. The number of carboxylic acids is 1. The van der Waals surface area contributed by atoms with Gasteiger partial charge in [-0.2, -0.15) is 13.2 Å². The molecule has 1 saturated heterocycles. The maximum atomic E-state index is 15.7. The van der Waals surface area contributed by atoms with Gasteiger partial charge >= 0.3 is 12.1 Å². The molecule has 1 aromatic carbocycles. The number of aliphatic carboxylic acids is 1. The van der Waals surface area contributed by atoms with Gasteiger partial charge in [0.05, 0.1) is 17.8 Å².